The molecule has 1 spiro atoms. The van der Waals surface area contributed by atoms with Gasteiger partial charge in [0.2, 0.25) is 5.91 Å². The molecule has 2 aliphatic heterocycles. The number of nitrogens with one attached hydrogen (secondary N) is 1. The maximum absolute atomic E-state index is 13.6. The summed E-state index contributed by atoms with van der Waals surface area (Å²) in [6.45, 7) is 1.87. The van der Waals surface area contributed by atoms with Crippen molar-refractivity contribution in [2.75, 3.05) is 38.1 Å². The molecule has 2 aliphatic rings. The number of carbonyl (C=O) groups is 2. The molecule has 3 heterocycles. The Hall–Kier alpha value is -2.67. The minimum absolute atomic E-state index is 0.0329. The Labute approximate surface area is 151 Å². The molecule has 1 aromatic carbocycles. The Kier molecular flexibility index (Phi) is 4.03. The smallest absolute Gasteiger partial charge is 0.270 e. The highest BCUT2D eigenvalue weighted by atomic mass is 19.1. The minimum Gasteiger partial charge on any atom is -0.357 e. The van der Waals surface area contributed by atoms with Crippen molar-refractivity contribution in [1.82, 2.24) is 14.8 Å². The lowest BCUT2D eigenvalue weighted by atomic mass is 9.92. The van der Waals surface area contributed by atoms with Crippen LogP contribution in [-0.4, -0.2) is 65.4 Å². The quantitative estimate of drug-likeness (QED) is 0.891. The topological polar surface area (TPSA) is 59.7 Å². The number of H-pyrrole nitrogens is 1. The van der Waals surface area contributed by atoms with Gasteiger partial charge in [0, 0.05) is 31.5 Å². The van der Waals surface area contributed by atoms with Gasteiger partial charge in [-0.1, -0.05) is 6.07 Å². The third kappa shape index (κ3) is 2.78. The van der Waals surface area contributed by atoms with Crippen LogP contribution in [0.25, 0.3) is 0 Å². The number of halogens is 1. The van der Waals surface area contributed by atoms with Crippen molar-refractivity contribution in [1.29, 1.82) is 0 Å². The SMILES string of the molecule is CN1CC(=O)N(c2cccc(F)c2)CC12CCN(C(=O)c1ccc[nH]1)C2. The molecule has 1 aromatic heterocycles. The zero-order valence-corrected chi connectivity index (χ0v) is 14.6. The lowest BCUT2D eigenvalue weighted by Gasteiger charge is -2.46. The number of likely N-dealkylation sites (tertiary alicyclic amines) is 1. The van der Waals surface area contributed by atoms with Crippen LogP contribution < -0.4 is 4.90 Å². The Balaban J connectivity index is 1.57. The van der Waals surface area contributed by atoms with Gasteiger partial charge in [0.15, 0.2) is 0 Å². The molecular formula is C19H21FN4O2. The summed E-state index contributed by atoms with van der Waals surface area (Å²) in [6, 6.07) is 9.67. The van der Waals surface area contributed by atoms with Gasteiger partial charge in [-0.15, -0.1) is 0 Å². The summed E-state index contributed by atoms with van der Waals surface area (Å²) in [6.07, 6.45) is 2.51. The molecule has 2 fully saturated rings. The van der Waals surface area contributed by atoms with Gasteiger partial charge in [-0.25, -0.2) is 4.39 Å². The van der Waals surface area contributed by atoms with Gasteiger partial charge in [-0.3, -0.25) is 14.5 Å². The van der Waals surface area contributed by atoms with Crippen molar-refractivity contribution in [3.8, 4) is 0 Å². The Morgan fingerprint density at radius 2 is 2.08 bits per heavy atom. The number of aromatic nitrogens is 1. The maximum atomic E-state index is 13.6. The average Bonchev–Trinajstić information content (AvgIpc) is 3.29. The van der Waals surface area contributed by atoms with Crippen LogP contribution in [0.3, 0.4) is 0 Å². The first kappa shape index (κ1) is 16.8. The largest absolute Gasteiger partial charge is 0.357 e. The number of carbonyl (C=O) groups excluding carboxylic acids is 2. The lowest BCUT2D eigenvalue weighted by molar-refractivity contribution is -0.123. The van der Waals surface area contributed by atoms with Crippen LogP contribution in [0.5, 0.6) is 0 Å². The van der Waals surface area contributed by atoms with Crippen molar-refractivity contribution >= 4 is 17.5 Å². The number of anilines is 1. The molecule has 1 unspecified atom stereocenters. The normalized spacial score (nSPS) is 23.8. The molecule has 6 nitrogen and oxygen atoms in total. The first-order valence-electron chi connectivity index (χ1n) is 8.68. The molecule has 26 heavy (non-hydrogen) atoms. The molecule has 2 aromatic rings. The number of nitrogens with zero attached hydrogens (tertiary/aromatic N) is 3. The van der Waals surface area contributed by atoms with Crippen LogP contribution in [0, 0.1) is 5.82 Å². The summed E-state index contributed by atoms with van der Waals surface area (Å²) in [5, 5.41) is 0. The Morgan fingerprint density at radius 3 is 2.81 bits per heavy atom. The summed E-state index contributed by atoms with van der Waals surface area (Å²) in [5.74, 6) is -0.453. The van der Waals surface area contributed by atoms with Gasteiger partial charge >= 0.3 is 0 Å². The van der Waals surface area contributed by atoms with Gasteiger partial charge in [0.05, 0.1) is 12.1 Å². The van der Waals surface area contributed by atoms with Crippen LogP contribution in [-0.2, 0) is 4.79 Å². The molecule has 2 amide bonds. The van der Waals surface area contributed by atoms with Crippen LogP contribution in [0.2, 0.25) is 0 Å². The highest BCUT2D eigenvalue weighted by Gasteiger charge is 2.48. The van der Waals surface area contributed by atoms with Crippen LogP contribution >= 0.6 is 0 Å². The van der Waals surface area contributed by atoms with E-state index in [1.807, 2.05) is 16.8 Å². The van der Waals surface area contributed by atoms with E-state index in [0.717, 1.165) is 6.42 Å². The molecule has 0 saturated carbocycles. The summed E-state index contributed by atoms with van der Waals surface area (Å²) >= 11 is 0. The van der Waals surface area contributed by atoms with E-state index in [2.05, 4.69) is 4.98 Å². The molecule has 136 valence electrons. The first-order chi connectivity index (χ1) is 12.5. The fraction of sp³-hybridized carbons (Fsp3) is 0.368. The van der Waals surface area contributed by atoms with E-state index in [1.54, 1.807) is 35.4 Å². The predicted molar refractivity (Wildman–Crippen MR) is 95.4 cm³/mol. The van der Waals surface area contributed by atoms with E-state index in [0.29, 0.717) is 31.0 Å². The van der Waals surface area contributed by atoms with Gasteiger partial charge in [0.1, 0.15) is 11.5 Å². The van der Waals surface area contributed by atoms with E-state index >= 15 is 0 Å². The van der Waals surface area contributed by atoms with E-state index in [1.165, 1.54) is 12.1 Å². The molecule has 4 rings (SSSR count). The second-order valence-corrected chi connectivity index (χ2v) is 7.10. The standard InChI is InChI=1S/C19H21FN4O2/c1-22-11-17(25)24(15-5-2-4-14(20)10-15)13-19(22)7-9-23(12-19)18(26)16-6-3-8-21-16/h2-6,8,10,21H,7,9,11-13H2,1H3. The number of amides is 2. The van der Waals surface area contributed by atoms with Gasteiger partial charge in [-0.05, 0) is 43.8 Å². The number of hydrogen-bond acceptors (Lipinski definition) is 3. The first-order valence-corrected chi connectivity index (χ1v) is 8.68. The maximum Gasteiger partial charge on any atom is 0.270 e. The molecule has 7 heteroatoms. The number of hydrogen-bond donors (Lipinski definition) is 1. The van der Waals surface area contributed by atoms with E-state index in [-0.39, 0.29) is 29.7 Å². The summed E-state index contributed by atoms with van der Waals surface area (Å²) < 4.78 is 13.6. The predicted octanol–water partition coefficient (Wildman–Crippen LogP) is 1.72. The van der Waals surface area contributed by atoms with Gasteiger partial charge in [0.25, 0.3) is 5.91 Å². The highest BCUT2D eigenvalue weighted by molar-refractivity contribution is 5.96. The monoisotopic (exact) mass is 356 g/mol. The van der Waals surface area contributed by atoms with Crippen molar-refractivity contribution in [2.24, 2.45) is 0 Å². The second kappa shape index (κ2) is 6.25. The number of piperazine rings is 1. The van der Waals surface area contributed by atoms with Crippen LogP contribution in [0.1, 0.15) is 16.9 Å². The zero-order valence-electron chi connectivity index (χ0n) is 14.6. The summed E-state index contributed by atoms with van der Waals surface area (Å²) in [7, 11) is 1.92. The van der Waals surface area contributed by atoms with Crippen molar-refractivity contribution < 1.29 is 14.0 Å². The number of aromatic amines is 1. The molecule has 1 atom stereocenters. The molecular weight excluding hydrogens is 335 g/mol. The molecule has 0 aliphatic carbocycles. The second-order valence-electron chi connectivity index (χ2n) is 7.10. The summed E-state index contributed by atoms with van der Waals surface area (Å²) in [4.78, 5) is 33.6. The van der Waals surface area contributed by atoms with Gasteiger partial charge < -0.3 is 14.8 Å². The Bertz CT molecular complexity index is 838. The van der Waals surface area contributed by atoms with E-state index in [4.69, 9.17) is 0 Å². The van der Waals surface area contributed by atoms with E-state index in [9.17, 15) is 14.0 Å². The molecule has 2 saturated heterocycles. The zero-order chi connectivity index (χ0) is 18.3. The fourth-order valence-corrected chi connectivity index (χ4v) is 3.94. The van der Waals surface area contributed by atoms with E-state index < -0.39 is 0 Å². The Morgan fingerprint density at radius 1 is 1.23 bits per heavy atom. The fourth-order valence-electron chi connectivity index (χ4n) is 3.94. The van der Waals surface area contributed by atoms with Crippen molar-refractivity contribution in [3.05, 3.63) is 54.1 Å². The average molecular weight is 356 g/mol. The van der Waals surface area contributed by atoms with Gasteiger partial charge in [-0.2, -0.15) is 0 Å². The van der Waals surface area contributed by atoms with Crippen molar-refractivity contribution in [2.45, 2.75) is 12.0 Å². The van der Waals surface area contributed by atoms with Crippen molar-refractivity contribution in [3.63, 3.8) is 0 Å². The highest BCUT2D eigenvalue weighted by Crippen LogP contribution is 2.34. The molecule has 0 bridgehead atoms. The lowest BCUT2D eigenvalue weighted by Crippen LogP contribution is -2.64. The number of likely N-dealkylation sites (N-methyl/N-ethyl adjacent to an activating group) is 1. The summed E-state index contributed by atoms with van der Waals surface area (Å²) in [5.41, 5.74) is 0.817. The van der Waals surface area contributed by atoms with Crippen LogP contribution in [0.15, 0.2) is 42.6 Å². The third-order valence-corrected chi connectivity index (χ3v) is 5.50. The third-order valence-electron chi connectivity index (χ3n) is 5.50. The molecule has 0 radical (unpaired) electrons. The number of rotatable bonds is 2. The minimum atomic E-state index is -0.363. The molecule has 1 N–H and O–H groups in total. The number of benzene rings is 1. The van der Waals surface area contributed by atoms with Crippen LogP contribution in [0.4, 0.5) is 10.1 Å².